The van der Waals surface area contributed by atoms with Gasteiger partial charge in [-0.1, -0.05) is 11.6 Å². The third-order valence-corrected chi connectivity index (χ3v) is 1.77. The van der Waals surface area contributed by atoms with Gasteiger partial charge in [-0.3, -0.25) is 0 Å². The lowest BCUT2D eigenvalue weighted by molar-refractivity contribution is -0.254. The number of halogens is 1. The van der Waals surface area contributed by atoms with Gasteiger partial charge in [0.2, 0.25) is 0 Å². The largest absolute Gasteiger partial charge is 0.544 e. The molecule has 0 bridgehead atoms. The minimum Gasteiger partial charge on any atom is -0.544 e. The van der Waals surface area contributed by atoms with Crippen LogP contribution in [0.25, 0.3) is 0 Å². The second kappa shape index (κ2) is 2.33. The van der Waals surface area contributed by atoms with E-state index in [-0.39, 0.29) is 9.34 Å². The third-order valence-electron chi connectivity index (χ3n) is 0.679. The molecule has 0 amide bonds. The fourth-order valence-corrected chi connectivity index (χ4v) is 1.12. The zero-order valence-electron chi connectivity index (χ0n) is 4.13. The van der Waals surface area contributed by atoms with E-state index in [1.54, 1.807) is 0 Å². The maximum Gasteiger partial charge on any atom is 0.184 e. The van der Waals surface area contributed by atoms with E-state index in [0.29, 0.717) is 0 Å². The molecule has 0 aliphatic heterocycles. The van der Waals surface area contributed by atoms with Crippen LogP contribution < -0.4 is 5.11 Å². The molecule has 0 aromatic carbocycles. The van der Waals surface area contributed by atoms with Crippen LogP contribution in [0.5, 0.6) is 0 Å². The molecule has 1 aromatic rings. The first-order valence-corrected chi connectivity index (χ1v) is 3.22. The molecule has 0 saturated heterocycles. The molecule has 0 radical (unpaired) electrons. The number of nitrogens with zero attached hydrogens (tertiary/aromatic N) is 1. The second-order valence-corrected chi connectivity index (χ2v) is 2.88. The van der Waals surface area contributed by atoms with Crippen molar-refractivity contribution >= 4 is 28.9 Å². The van der Waals surface area contributed by atoms with Gasteiger partial charge in [-0.2, -0.15) is 0 Å². The zero-order chi connectivity index (χ0) is 6.85. The number of carboxylic acids is 1. The summed E-state index contributed by atoms with van der Waals surface area (Å²) in [5.41, 5.74) is 0. The summed E-state index contributed by atoms with van der Waals surface area (Å²) in [7, 11) is 0. The number of carbonyl (C=O) groups excluding carboxylic acids is 1. The highest BCUT2D eigenvalue weighted by molar-refractivity contribution is 7.17. The molecular weight excluding hydrogens is 162 g/mol. The molecule has 0 unspecified atom stereocenters. The highest BCUT2D eigenvalue weighted by Crippen LogP contribution is 2.16. The van der Waals surface area contributed by atoms with Crippen LogP contribution in [0, 0.1) is 0 Å². The predicted octanol–water partition coefficient (Wildman–Crippen LogP) is 0.160. The molecule has 0 spiro atoms. The first-order valence-electron chi connectivity index (χ1n) is 2.03. The van der Waals surface area contributed by atoms with Crippen molar-refractivity contribution in [2.45, 2.75) is 0 Å². The fourth-order valence-electron chi connectivity index (χ4n) is 0.347. The third kappa shape index (κ3) is 1.40. The Bertz CT molecular complexity index is 234. The van der Waals surface area contributed by atoms with Crippen LogP contribution in [0.15, 0.2) is 6.20 Å². The van der Waals surface area contributed by atoms with Crippen LogP contribution >= 0.6 is 22.9 Å². The highest BCUT2D eigenvalue weighted by Gasteiger charge is 1.97. The van der Waals surface area contributed by atoms with Crippen molar-refractivity contribution in [3.8, 4) is 0 Å². The Hall–Kier alpha value is -0.610. The van der Waals surface area contributed by atoms with Crippen LogP contribution in [0.1, 0.15) is 9.67 Å². The summed E-state index contributed by atoms with van der Waals surface area (Å²) in [6, 6.07) is 0. The van der Waals surface area contributed by atoms with Gasteiger partial charge in [0.25, 0.3) is 0 Å². The summed E-state index contributed by atoms with van der Waals surface area (Å²) in [4.78, 5) is 13.6. The molecule has 9 heavy (non-hydrogen) atoms. The molecule has 1 rings (SSSR count). The summed E-state index contributed by atoms with van der Waals surface area (Å²) in [5, 5.41) is 10.0. The number of carbonyl (C=O) groups is 1. The van der Waals surface area contributed by atoms with Gasteiger partial charge in [0, 0.05) is 6.20 Å². The Labute approximate surface area is 59.9 Å². The van der Waals surface area contributed by atoms with Gasteiger partial charge >= 0.3 is 0 Å². The monoisotopic (exact) mass is 162 g/mol. The molecule has 0 fully saturated rings. The SMILES string of the molecule is O=C([O-])c1cnc(Cl)s1. The van der Waals surface area contributed by atoms with E-state index < -0.39 is 5.97 Å². The second-order valence-electron chi connectivity index (χ2n) is 1.26. The van der Waals surface area contributed by atoms with Crippen molar-refractivity contribution < 1.29 is 9.90 Å². The van der Waals surface area contributed by atoms with Crippen molar-refractivity contribution in [2.75, 3.05) is 0 Å². The maximum absolute atomic E-state index is 10.0. The summed E-state index contributed by atoms with van der Waals surface area (Å²) >= 11 is 6.21. The Morgan fingerprint density at radius 1 is 1.89 bits per heavy atom. The molecule has 0 aliphatic carbocycles. The molecule has 1 aromatic heterocycles. The van der Waals surface area contributed by atoms with E-state index in [1.165, 1.54) is 6.20 Å². The van der Waals surface area contributed by atoms with Gasteiger partial charge in [-0.25, -0.2) is 4.98 Å². The number of aromatic nitrogens is 1. The van der Waals surface area contributed by atoms with E-state index in [9.17, 15) is 9.90 Å². The molecule has 48 valence electrons. The first kappa shape index (κ1) is 6.51. The standard InChI is InChI=1S/C4H2ClNO2S/c5-4-6-1-2(9-4)3(7)8/h1H,(H,7,8)/p-1. The average molecular weight is 163 g/mol. The van der Waals surface area contributed by atoms with Crippen molar-refractivity contribution in [1.29, 1.82) is 0 Å². The average Bonchev–Trinajstić information content (AvgIpc) is 2.14. The normalized spacial score (nSPS) is 9.44. The molecule has 0 saturated carbocycles. The summed E-state index contributed by atoms with van der Waals surface area (Å²) in [6.07, 6.45) is 1.17. The van der Waals surface area contributed by atoms with Crippen molar-refractivity contribution in [3.63, 3.8) is 0 Å². The Morgan fingerprint density at radius 2 is 2.56 bits per heavy atom. The van der Waals surface area contributed by atoms with Gasteiger partial charge < -0.3 is 9.90 Å². The molecule has 5 heteroatoms. The minimum atomic E-state index is -1.24. The lowest BCUT2D eigenvalue weighted by atomic mass is 10.6. The Kier molecular flexibility index (Phi) is 1.68. The van der Waals surface area contributed by atoms with E-state index in [4.69, 9.17) is 11.6 Å². The van der Waals surface area contributed by atoms with Gasteiger partial charge in [0.1, 0.15) is 0 Å². The van der Waals surface area contributed by atoms with E-state index in [0.717, 1.165) is 11.3 Å². The molecule has 3 nitrogen and oxygen atoms in total. The Morgan fingerprint density at radius 3 is 2.78 bits per heavy atom. The molecule has 0 aliphatic rings. The van der Waals surface area contributed by atoms with Crippen molar-refractivity contribution in [3.05, 3.63) is 15.5 Å². The lowest BCUT2D eigenvalue weighted by Gasteiger charge is -1.90. The summed E-state index contributed by atoms with van der Waals surface area (Å²) < 4.78 is 0.217. The smallest absolute Gasteiger partial charge is 0.184 e. The van der Waals surface area contributed by atoms with E-state index >= 15 is 0 Å². The van der Waals surface area contributed by atoms with Crippen LogP contribution in [0.4, 0.5) is 0 Å². The minimum absolute atomic E-state index is 0.0556. The summed E-state index contributed by atoms with van der Waals surface area (Å²) in [6.45, 7) is 0. The van der Waals surface area contributed by atoms with Gasteiger partial charge in [-0.05, 0) is 0 Å². The molecular formula is C4HClNO2S-. The number of aromatic carboxylic acids is 1. The number of rotatable bonds is 1. The molecule has 0 N–H and O–H groups in total. The van der Waals surface area contributed by atoms with Gasteiger partial charge in [0.15, 0.2) is 4.47 Å². The zero-order valence-corrected chi connectivity index (χ0v) is 5.70. The fraction of sp³-hybridized carbons (Fsp3) is 0. The van der Waals surface area contributed by atoms with Crippen LogP contribution in [0.2, 0.25) is 4.47 Å². The van der Waals surface area contributed by atoms with E-state index in [2.05, 4.69) is 4.98 Å². The number of hydrogen-bond donors (Lipinski definition) is 0. The quantitative estimate of drug-likeness (QED) is 0.591. The number of hydrogen-bond acceptors (Lipinski definition) is 4. The number of carboxylic acid groups (broad SMARTS) is 1. The van der Waals surface area contributed by atoms with Crippen molar-refractivity contribution in [1.82, 2.24) is 4.98 Å². The Balaban J connectivity index is 2.98. The predicted molar refractivity (Wildman–Crippen MR) is 31.5 cm³/mol. The van der Waals surface area contributed by atoms with Crippen molar-refractivity contribution in [2.24, 2.45) is 0 Å². The van der Waals surface area contributed by atoms with Crippen LogP contribution in [0.3, 0.4) is 0 Å². The van der Waals surface area contributed by atoms with Crippen LogP contribution in [-0.4, -0.2) is 11.0 Å². The van der Waals surface area contributed by atoms with E-state index in [1.807, 2.05) is 0 Å². The van der Waals surface area contributed by atoms with Gasteiger partial charge in [0.05, 0.1) is 10.8 Å². The van der Waals surface area contributed by atoms with Gasteiger partial charge in [-0.15, -0.1) is 11.3 Å². The molecule has 1 heterocycles. The molecule has 0 atom stereocenters. The topological polar surface area (TPSA) is 53.0 Å². The van der Waals surface area contributed by atoms with Crippen LogP contribution in [-0.2, 0) is 0 Å². The highest BCUT2D eigenvalue weighted by atomic mass is 35.5. The lowest BCUT2D eigenvalue weighted by Crippen LogP contribution is -2.20. The number of thiazole rings is 1. The maximum atomic E-state index is 10.0. The first-order chi connectivity index (χ1) is 4.20. The summed E-state index contributed by atoms with van der Waals surface area (Å²) in [5.74, 6) is -1.24.